The molecule has 4 heterocycles. The van der Waals surface area contributed by atoms with E-state index >= 15 is 4.39 Å². The number of aryl methyl sites for hydroxylation is 1. The van der Waals surface area contributed by atoms with Crippen LogP contribution in [0, 0.1) is 5.82 Å². The number of nitrogens with one attached hydrogen (secondary N) is 2. The van der Waals surface area contributed by atoms with E-state index < -0.39 is 0 Å². The Morgan fingerprint density at radius 2 is 2.11 bits per heavy atom. The summed E-state index contributed by atoms with van der Waals surface area (Å²) in [5, 5.41) is 10.9. The van der Waals surface area contributed by atoms with Crippen LogP contribution in [-0.4, -0.2) is 26.8 Å². The molecule has 0 radical (unpaired) electrons. The standard InChI is InChI=1S/C19H23FN6S/c1-26-14-6-15(27-16(14)9-23-26)18-11-8-22-7-10(11)17(20)19(25-18)24-13-5-3-2-4-12(13)21/h6,9,12-13,22H,2-5,7-8,21H2,1H3,(H,24,25). The average molecular weight is 387 g/mol. The fraction of sp³-hybridized carbons (Fsp3) is 0.474. The summed E-state index contributed by atoms with van der Waals surface area (Å²) in [6, 6.07) is 2.22. The van der Waals surface area contributed by atoms with Crippen molar-refractivity contribution in [3.8, 4) is 10.6 Å². The Kier molecular flexibility index (Phi) is 4.14. The molecule has 2 unspecified atom stereocenters. The van der Waals surface area contributed by atoms with Crippen molar-refractivity contribution in [2.24, 2.45) is 12.8 Å². The lowest BCUT2D eigenvalue weighted by molar-refractivity contribution is 0.402. The molecule has 27 heavy (non-hydrogen) atoms. The van der Waals surface area contributed by atoms with Crippen LogP contribution in [0.25, 0.3) is 20.8 Å². The van der Waals surface area contributed by atoms with E-state index in [-0.39, 0.29) is 17.9 Å². The van der Waals surface area contributed by atoms with Gasteiger partial charge < -0.3 is 16.4 Å². The number of nitrogens with two attached hydrogens (primary N) is 1. The molecule has 1 saturated carbocycles. The van der Waals surface area contributed by atoms with Crippen molar-refractivity contribution in [3.05, 3.63) is 29.2 Å². The minimum atomic E-state index is -0.237. The Morgan fingerprint density at radius 3 is 2.93 bits per heavy atom. The Balaban J connectivity index is 1.59. The number of rotatable bonds is 3. The summed E-state index contributed by atoms with van der Waals surface area (Å²) in [7, 11) is 1.93. The van der Waals surface area contributed by atoms with E-state index in [4.69, 9.17) is 10.7 Å². The first-order valence-corrected chi connectivity index (χ1v) is 10.3. The third-order valence-corrected chi connectivity index (χ3v) is 6.83. The van der Waals surface area contributed by atoms with Crippen molar-refractivity contribution in [1.82, 2.24) is 20.1 Å². The highest BCUT2D eigenvalue weighted by Crippen LogP contribution is 2.38. The molecule has 0 spiro atoms. The number of thiophene rings is 1. The molecule has 2 atom stereocenters. The molecule has 0 saturated heterocycles. The zero-order valence-corrected chi connectivity index (χ0v) is 16.1. The number of anilines is 1. The van der Waals surface area contributed by atoms with Gasteiger partial charge in [-0.2, -0.15) is 5.10 Å². The molecule has 3 aromatic rings. The molecular weight excluding hydrogens is 363 g/mol. The molecule has 5 rings (SSSR count). The van der Waals surface area contributed by atoms with E-state index in [1.165, 1.54) is 0 Å². The van der Waals surface area contributed by atoms with Crippen LogP contribution in [0.1, 0.15) is 36.8 Å². The van der Waals surface area contributed by atoms with Crippen LogP contribution >= 0.6 is 11.3 Å². The van der Waals surface area contributed by atoms with E-state index in [0.717, 1.165) is 57.6 Å². The van der Waals surface area contributed by atoms with E-state index in [9.17, 15) is 0 Å². The number of pyridine rings is 1. The van der Waals surface area contributed by atoms with Crippen molar-refractivity contribution in [1.29, 1.82) is 0 Å². The lowest BCUT2D eigenvalue weighted by atomic mass is 9.91. The predicted molar refractivity (Wildman–Crippen MR) is 106 cm³/mol. The van der Waals surface area contributed by atoms with Gasteiger partial charge in [0, 0.05) is 43.3 Å². The molecule has 0 aromatic carbocycles. The predicted octanol–water partition coefficient (Wildman–Crippen LogP) is 3.12. The fourth-order valence-electron chi connectivity index (χ4n) is 4.21. The van der Waals surface area contributed by atoms with Gasteiger partial charge in [0.15, 0.2) is 11.6 Å². The Hall–Kier alpha value is -2.03. The van der Waals surface area contributed by atoms with Gasteiger partial charge in [0.25, 0.3) is 0 Å². The van der Waals surface area contributed by atoms with Gasteiger partial charge in [-0.3, -0.25) is 4.68 Å². The molecular formula is C19H23FN6S. The molecule has 1 aliphatic heterocycles. The number of aromatic nitrogens is 3. The van der Waals surface area contributed by atoms with Gasteiger partial charge in [-0.15, -0.1) is 11.3 Å². The maximum absolute atomic E-state index is 15.1. The van der Waals surface area contributed by atoms with Crippen molar-refractivity contribution in [2.45, 2.75) is 50.9 Å². The van der Waals surface area contributed by atoms with Crippen molar-refractivity contribution < 1.29 is 4.39 Å². The summed E-state index contributed by atoms with van der Waals surface area (Å²) < 4.78 is 18.1. The third-order valence-electron chi connectivity index (χ3n) is 5.76. The first-order valence-electron chi connectivity index (χ1n) is 9.48. The molecule has 3 aromatic heterocycles. The highest BCUT2D eigenvalue weighted by atomic mass is 32.1. The maximum atomic E-state index is 15.1. The monoisotopic (exact) mass is 386 g/mol. The summed E-state index contributed by atoms with van der Waals surface area (Å²) in [6.07, 6.45) is 6.06. The molecule has 0 amide bonds. The van der Waals surface area contributed by atoms with Gasteiger partial charge in [0.2, 0.25) is 0 Å². The van der Waals surface area contributed by atoms with Crippen molar-refractivity contribution in [2.75, 3.05) is 5.32 Å². The number of hydrogen-bond donors (Lipinski definition) is 3. The lowest BCUT2D eigenvalue weighted by Gasteiger charge is -2.30. The van der Waals surface area contributed by atoms with Gasteiger partial charge in [-0.05, 0) is 18.9 Å². The second-order valence-electron chi connectivity index (χ2n) is 7.51. The molecule has 6 nitrogen and oxygen atoms in total. The molecule has 8 heteroatoms. The largest absolute Gasteiger partial charge is 0.363 e. The smallest absolute Gasteiger partial charge is 0.170 e. The van der Waals surface area contributed by atoms with Crippen molar-refractivity contribution >= 4 is 27.4 Å². The van der Waals surface area contributed by atoms with E-state index in [0.29, 0.717) is 18.9 Å². The van der Waals surface area contributed by atoms with E-state index in [1.54, 1.807) is 11.3 Å². The summed E-state index contributed by atoms with van der Waals surface area (Å²) in [5.41, 5.74) is 9.89. The highest BCUT2D eigenvalue weighted by Gasteiger charge is 2.28. The second kappa shape index (κ2) is 6.54. The van der Waals surface area contributed by atoms with Crippen molar-refractivity contribution in [3.63, 3.8) is 0 Å². The summed E-state index contributed by atoms with van der Waals surface area (Å²) in [5.74, 6) is 0.102. The number of nitrogens with zero attached hydrogens (tertiary/aromatic N) is 3. The van der Waals surface area contributed by atoms with Crippen LogP contribution in [0.4, 0.5) is 10.2 Å². The minimum absolute atomic E-state index is 0.0465. The first-order chi connectivity index (χ1) is 13.1. The zero-order chi connectivity index (χ0) is 18.5. The number of fused-ring (bicyclic) bond motifs is 2. The quantitative estimate of drug-likeness (QED) is 0.644. The molecule has 2 aliphatic rings. The first kappa shape index (κ1) is 17.1. The Bertz CT molecular complexity index is 1010. The van der Waals surface area contributed by atoms with Gasteiger partial charge in [0.1, 0.15) is 0 Å². The van der Waals surface area contributed by atoms with E-state index in [1.807, 2.05) is 17.9 Å². The van der Waals surface area contributed by atoms with Gasteiger partial charge >= 0.3 is 0 Å². The SMILES string of the molecule is Cn1ncc2sc(-c3nc(NC4CCCCC4N)c(F)c4c3CNC4)cc21. The Labute approximate surface area is 161 Å². The topological polar surface area (TPSA) is 80.8 Å². The molecule has 1 aliphatic carbocycles. The van der Waals surface area contributed by atoms with Gasteiger partial charge in [-0.25, -0.2) is 9.37 Å². The minimum Gasteiger partial charge on any atom is -0.363 e. The van der Waals surface area contributed by atoms with Crippen LogP contribution < -0.4 is 16.4 Å². The zero-order valence-electron chi connectivity index (χ0n) is 15.3. The maximum Gasteiger partial charge on any atom is 0.170 e. The number of halogens is 1. The number of hydrogen-bond acceptors (Lipinski definition) is 6. The van der Waals surface area contributed by atoms with Crippen LogP contribution in [0.2, 0.25) is 0 Å². The molecule has 4 N–H and O–H groups in total. The fourth-order valence-corrected chi connectivity index (χ4v) is 5.27. The van der Waals surface area contributed by atoms with E-state index in [2.05, 4.69) is 21.8 Å². The summed E-state index contributed by atoms with van der Waals surface area (Å²) >= 11 is 1.65. The lowest BCUT2D eigenvalue weighted by Crippen LogP contribution is -2.43. The Morgan fingerprint density at radius 1 is 1.30 bits per heavy atom. The van der Waals surface area contributed by atoms with Crippen LogP contribution in [-0.2, 0) is 20.1 Å². The van der Waals surface area contributed by atoms with Gasteiger partial charge in [-0.1, -0.05) is 12.8 Å². The second-order valence-corrected chi connectivity index (χ2v) is 8.59. The normalized spacial score (nSPS) is 22.3. The van der Waals surface area contributed by atoms with Crippen LogP contribution in [0.3, 0.4) is 0 Å². The van der Waals surface area contributed by atoms with Gasteiger partial charge in [0.05, 0.1) is 27.0 Å². The molecule has 0 bridgehead atoms. The molecule has 1 fully saturated rings. The third kappa shape index (κ3) is 2.83. The van der Waals surface area contributed by atoms with Crippen LogP contribution in [0.15, 0.2) is 12.3 Å². The van der Waals surface area contributed by atoms with Crippen LogP contribution in [0.5, 0.6) is 0 Å². The molecule has 142 valence electrons. The highest BCUT2D eigenvalue weighted by molar-refractivity contribution is 7.22. The summed E-state index contributed by atoms with van der Waals surface area (Å²) in [6.45, 7) is 1.18. The summed E-state index contributed by atoms with van der Waals surface area (Å²) in [4.78, 5) is 5.80. The average Bonchev–Trinajstić information content (AvgIpc) is 3.37.